The van der Waals surface area contributed by atoms with Gasteiger partial charge in [0.25, 0.3) is 0 Å². The minimum atomic E-state index is 0.608. The quantitative estimate of drug-likeness (QED) is 0.717. The molecule has 0 aromatic carbocycles. The molecule has 0 radical (unpaired) electrons. The molecule has 0 amide bonds. The lowest BCUT2D eigenvalue weighted by Gasteiger charge is -2.36. The molecule has 2 saturated heterocycles. The van der Waals surface area contributed by atoms with Gasteiger partial charge in [0.15, 0.2) is 0 Å². The van der Waals surface area contributed by atoms with E-state index in [2.05, 4.69) is 36.3 Å². The molecule has 3 atom stereocenters. The van der Waals surface area contributed by atoms with E-state index in [-0.39, 0.29) is 0 Å². The molecule has 4 heteroatoms. The van der Waals surface area contributed by atoms with Crippen molar-refractivity contribution in [3.05, 3.63) is 0 Å². The topological polar surface area (TPSA) is 36.5 Å². The fraction of sp³-hybridized carbons (Fsp3) is 1.00. The summed E-state index contributed by atoms with van der Waals surface area (Å²) in [6, 6.07) is 2.00. The molecule has 0 aromatic heterocycles. The summed E-state index contributed by atoms with van der Waals surface area (Å²) in [6.07, 6.45) is 5.24. The van der Waals surface area contributed by atoms with Gasteiger partial charge in [0.2, 0.25) is 0 Å². The molecule has 2 aliphatic rings. The average molecular weight is 297 g/mol. The molecule has 0 saturated carbocycles. The molecule has 21 heavy (non-hydrogen) atoms. The highest BCUT2D eigenvalue weighted by Gasteiger charge is 2.23. The molecule has 2 fully saturated rings. The summed E-state index contributed by atoms with van der Waals surface area (Å²) in [4.78, 5) is 2.62. The Morgan fingerprint density at radius 2 is 2.00 bits per heavy atom. The molecule has 0 spiro atoms. The van der Waals surface area contributed by atoms with Gasteiger partial charge in [-0.1, -0.05) is 13.8 Å². The van der Waals surface area contributed by atoms with Crippen molar-refractivity contribution in [3.63, 3.8) is 0 Å². The van der Waals surface area contributed by atoms with Crippen LogP contribution in [0.2, 0.25) is 0 Å². The van der Waals surface area contributed by atoms with Crippen molar-refractivity contribution in [1.82, 2.24) is 15.5 Å². The fourth-order valence-corrected chi connectivity index (χ4v) is 3.65. The van der Waals surface area contributed by atoms with Crippen molar-refractivity contribution in [2.75, 3.05) is 39.4 Å². The Balaban J connectivity index is 1.74. The highest BCUT2D eigenvalue weighted by Crippen LogP contribution is 2.14. The van der Waals surface area contributed by atoms with E-state index in [1.54, 1.807) is 0 Å². The second-order valence-electron chi connectivity index (χ2n) is 7.27. The SMILES string of the molecule is CC(C)CC(CNC(C)CC1CCCN1)N1CCOCC1. The molecule has 2 heterocycles. The first-order valence-corrected chi connectivity index (χ1v) is 8.93. The Bertz CT molecular complexity index is 273. The molecule has 4 nitrogen and oxygen atoms in total. The normalized spacial score (nSPS) is 27.1. The average Bonchev–Trinajstić information content (AvgIpc) is 2.97. The number of hydrogen-bond acceptors (Lipinski definition) is 4. The van der Waals surface area contributed by atoms with Crippen LogP contribution in [-0.4, -0.2) is 62.4 Å². The summed E-state index contributed by atoms with van der Waals surface area (Å²) in [6.45, 7) is 13.3. The van der Waals surface area contributed by atoms with Crippen molar-refractivity contribution in [1.29, 1.82) is 0 Å². The first-order valence-electron chi connectivity index (χ1n) is 8.93. The monoisotopic (exact) mass is 297 g/mol. The first-order chi connectivity index (χ1) is 10.1. The van der Waals surface area contributed by atoms with Crippen LogP contribution < -0.4 is 10.6 Å². The zero-order valence-electron chi connectivity index (χ0n) is 14.2. The number of ether oxygens (including phenoxy) is 1. The number of nitrogens with zero attached hydrogens (tertiary/aromatic N) is 1. The molecule has 124 valence electrons. The van der Waals surface area contributed by atoms with Crippen LogP contribution in [0.15, 0.2) is 0 Å². The molecule has 2 rings (SSSR count). The molecule has 0 aliphatic carbocycles. The Labute approximate surface area is 131 Å². The maximum atomic E-state index is 5.50. The minimum Gasteiger partial charge on any atom is -0.379 e. The lowest BCUT2D eigenvalue weighted by molar-refractivity contribution is 0.0118. The van der Waals surface area contributed by atoms with Gasteiger partial charge in [-0.05, 0) is 45.1 Å². The van der Waals surface area contributed by atoms with E-state index >= 15 is 0 Å². The third-order valence-corrected chi connectivity index (χ3v) is 4.81. The van der Waals surface area contributed by atoms with E-state index < -0.39 is 0 Å². The standard InChI is InChI=1S/C17H35N3O/c1-14(2)11-17(20-7-9-21-10-8-20)13-19-15(3)12-16-5-4-6-18-16/h14-19H,4-13H2,1-3H3. The van der Waals surface area contributed by atoms with Crippen molar-refractivity contribution < 1.29 is 4.74 Å². The van der Waals surface area contributed by atoms with Crippen LogP contribution in [0.5, 0.6) is 0 Å². The summed E-state index contributed by atoms with van der Waals surface area (Å²) >= 11 is 0. The van der Waals surface area contributed by atoms with Gasteiger partial charge in [-0.2, -0.15) is 0 Å². The molecule has 2 aliphatic heterocycles. The van der Waals surface area contributed by atoms with Gasteiger partial charge in [0.05, 0.1) is 13.2 Å². The van der Waals surface area contributed by atoms with Crippen LogP contribution in [0, 0.1) is 5.92 Å². The van der Waals surface area contributed by atoms with E-state index in [1.165, 1.54) is 32.2 Å². The van der Waals surface area contributed by atoms with E-state index in [1.807, 2.05) is 0 Å². The van der Waals surface area contributed by atoms with Crippen LogP contribution in [0.3, 0.4) is 0 Å². The van der Waals surface area contributed by atoms with Crippen LogP contribution in [0.25, 0.3) is 0 Å². The van der Waals surface area contributed by atoms with Gasteiger partial charge >= 0.3 is 0 Å². The van der Waals surface area contributed by atoms with Crippen LogP contribution in [0.1, 0.15) is 46.5 Å². The van der Waals surface area contributed by atoms with Gasteiger partial charge in [-0.3, -0.25) is 4.90 Å². The predicted molar refractivity (Wildman–Crippen MR) is 88.7 cm³/mol. The third-order valence-electron chi connectivity index (χ3n) is 4.81. The Hall–Kier alpha value is -0.160. The third kappa shape index (κ3) is 6.23. The maximum absolute atomic E-state index is 5.50. The Morgan fingerprint density at radius 1 is 1.24 bits per heavy atom. The highest BCUT2D eigenvalue weighted by atomic mass is 16.5. The Morgan fingerprint density at radius 3 is 2.62 bits per heavy atom. The van der Waals surface area contributed by atoms with Crippen LogP contribution in [-0.2, 0) is 4.74 Å². The first kappa shape index (κ1) is 17.2. The highest BCUT2D eigenvalue weighted by molar-refractivity contribution is 4.82. The molecule has 2 N–H and O–H groups in total. The fourth-order valence-electron chi connectivity index (χ4n) is 3.65. The summed E-state index contributed by atoms with van der Waals surface area (Å²) in [7, 11) is 0. The molecular formula is C17H35N3O. The smallest absolute Gasteiger partial charge is 0.0594 e. The summed E-state index contributed by atoms with van der Waals surface area (Å²) in [5, 5.41) is 7.39. The molecule has 0 aromatic rings. The van der Waals surface area contributed by atoms with Crippen LogP contribution >= 0.6 is 0 Å². The maximum Gasteiger partial charge on any atom is 0.0594 e. The van der Waals surface area contributed by atoms with Gasteiger partial charge in [-0.15, -0.1) is 0 Å². The number of morpholine rings is 1. The zero-order chi connectivity index (χ0) is 15.1. The van der Waals surface area contributed by atoms with Crippen molar-refractivity contribution in [3.8, 4) is 0 Å². The molecule has 3 unspecified atom stereocenters. The van der Waals surface area contributed by atoms with Crippen molar-refractivity contribution in [2.45, 2.75) is 64.6 Å². The van der Waals surface area contributed by atoms with Crippen molar-refractivity contribution in [2.24, 2.45) is 5.92 Å². The van der Waals surface area contributed by atoms with Gasteiger partial charge in [0, 0.05) is 37.8 Å². The lowest BCUT2D eigenvalue weighted by atomic mass is 10.0. The van der Waals surface area contributed by atoms with E-state index in [0.29, 0.717) is 12.1 Å². The largest absolute Gasteiger partial charge is 0.379 e. The second kappa shape index (κ2) is 9.09. The van der Waals surface area contributed by atoms with E-state index in [9.17, 15) is 0 Å². The minimum absolute atomic E-state index is 0.608. The van der Waals surface area contributed by atoms with E-state index in [4.69, 9.17) is 4.74 Å². The lowest BCUT2D eigenvalue weighted by Crippen LogP contribution is -2.50. The summed E-state index contributed by atoms with van der Waals surface area (Å²) < 4.78 is 5.50. The van der Waals surface area contributed by atoms with Gasteiger partial charge in [-0.25, -0.2) is 0 Å². The summed E-state index contributed by atoms with van der Waals surface area (Å²) in [5.41, 5.74) is 0. The number of nitrogens with one attached hydrogen (secondary N) is 2. The van der Waals surface area contributed by atoms with E-state index in [0.717, 1.165) is 44.8 Å². The predicted octanol–water partition coefficient (Wildman–Crippen LogP) is 1.85. The second-order valence-corrected chi connectivity index (χ2v) is 7.27. The summed E-state index contributed by atoms with van der Waals surface area (Å²) in [5.74, 6) is 0.756. The number of rotatable bonds is 8. The number of hydrogen-bond donors (Lipinski definition) is 2. The Kier molecular flexibility index (Phi) is 7.44. The van der Waals surface area contributed by atoms with Gasteiger partial charge < -0.3 is 15.4 Å². The zero-order valence-corrected chi connectivity index (χ0v) is 14.2. The van der Waals surface area contributed by atoms with Crippen LogP contribution in [0.4, 0.5) is 0 Å². The molecular weight excluding hydrogens is 262 g/mol. The van der Waals surface area contributed by atoms with Gasteiger partial charge in [0.1, 0.15) is 0 Å². The van der Waals surface area contributed by atoms with Crippen molar-refractivity contribution >= 4 is 0 Å². The molecule has 0 bridgehead atoms.